The Labute approximate surface area is 217 Å². The predicted molar refractivity (Wildman–Crippen MR) is 144 cm³/mol. The molecule has 34 heavy (non-hydrogen) atoms. The summed E-state index contributed by atoms with van der Waals surface area (Å²) in [7, 11) is 0. The van der Waals surface area contributed by atoms with E-state index in [2.05, 4.69) is 29.5 Å². The van der Waals surface area contributed by atoms with Gasteiger partial charge in [-0.3, -0.25) is 9.69 Å². The lowest BCUT2D eigenvalue weighted by Gasteiger charge is -2.15. The number of carbonyl (C=O) groups is 2. The Balaban J connectivity index is 1.95. The molecule has 2 aromatic carbocycles. The topological polar surface area (TPSA) is 88.4 Å². The van der Waals surface area contributed by atoms with Crippen LogP contribution in [-0.2, 0) is 9.59 Å². The number of carboxylic acid groups (broad SMARTS) is 1. The molecule has 0 aliphatic carbocycles. The summed E-state index contributed by atoms with van der Waals surface area (Å²) >= 11 is 3.43. The van der Waals surface area contributed by atoms with Crippen LogP contribution in [0.15, 0.2) is 46.3 Å². The molecule has 1 aliphatic rings. The molecule has 0 bridgehead atoms. The van der Waals surface area contributed by atoms with Gasteiger partial charge in [-0.1, -0.05) is 31.0 Å². The maximum atomic E-state index is 13.2. The van der Waals surface area contributed by atoms with Crippen molar-refractivity contribution in [1.82, 2.24) is 4.90 Å². The number of thioether (sulfide) groups is 1. The number of carboxylic acids is 1. The summed E-state index contributed by atoms with van der Waals surface area (Å²) in [6.07, 6.45) is 3.67. The summed E-state index contributed by atoms with van der Waals surface area (Å²) in [6.45, 7) is 6.49. The minimum absolute atomic E-state index is 0.0801. The molecule has 3 rings (SSSR count). The van der Waals surface area contributed by atoms with Gasteiger partial charge in [0.2, 0.25) is 0 Å². The zero-order chi connectivity index (χ0) is 24.7. The van der Waals surface area contributed by atoms with Gasteiger partial charge in [-0.05, 0) is 90.5 Å². The Bertz CT molecular complexity index is 1120. The number of halogens is 1. The van der Waals surface area contributed by atoms with Crippen LogP contribution in [0.5, 0.6) is 11.5 Å². The van der Waals surface area contributed by atoms with Crippen LogP contribution >= 0.6 is 34.4 Å². The molecule has 0 unspecified atom stereocenters. The van der Waals surface area contributed by atoms with E-state index in [1.165, 1.54) is 11.8 Å². The lowest BCUT2D eigenvalue weighted by Crippen LogP contribution is -2.30. The second-order valence-electron chi connectivity index (χ2n) is 7.60. The fourth-order valence-corrected chi connectivity index (χ4v) is 5.00. The Morgan fingerprint density at radius 3 is 2.59 bits per heavy atom. The molecule has 7 nitrogen and oxygen atoms in total. The third kappa shape index (κ3) is 6.75. The minimum atomic E-state index is -1.06. The SMILES string of the molecule is CCCCN1C(=O)/C(=C\c2cc(I)c(OCC(=O)O)c(OCC)c2)SC1=Nc1ccc(C)cc1. The number of aliphatic imine (C=N–C) groups is 1. The van der Waals surface area contributed by atoms with E-state index in [-0.39, 0.29) is 5.91 Å². The summed E-state index contributed by atoms with van der Waals surface area (Å²) in [5, 5.41) is 9.62. The number of benzene rings is 2. The number of unbranched alkanes of at least 4 members (excludes halogenated alkanes) is 1. The van der Waals surface area contributed by atoms with Gasteiger partial charge in [0.15, 0.2) is 23.3 Å². The van der Waals surface area contributed by atoms with Crippen LogP contribution in [-0.4, -0.2) is 46.8 Å². The van der Waals surface area contributed by atoms with E-state index in [1.54, 1.807) is 11.0 Å². The van der Waals surface area contributed by atoms with E-state index in [0.717, 1.165) is 29.7 Å². The lowest BCUT2D eigenvalue weighted by atomic mass is 10.1. The second kappa shape index (κ2) is 12.3. The fourth-order valence-electron chi connectivity index (χ4n) is 3.19. The number of rotatable bonds is 10. The number of aliphatic carboxylic acids is 1. The van der Waals surface area contributed by atoms with Crippen LogP contribution in [0.2, 0.25) is 0 Å². The number of hydrogen-bond acceptors (Lipinski definition) is 6. The maximum absolute atomic E-state index is 13.2. The van der Waals surface area contributed by atoms with E-state index in [4.69, 9.17) is 19.6 Å². The van der Waals surface area contributed by atoms with Crippen LogP contribution in [0, 0.1) is 10.5 Å². The van der Waals surface area contributed by atoms with Crippen molar-refractivity contribution in [2.45, 2.75) is 33.6 Å². The number of hydrogen-bond donors (Lipinski definition) is 1. The quantitative estimate of drug-likeness (QED) is 0.274. The van der Waals surface area contributed by atoms with Crippen LogP contribution in [0.4, 0.5) is 5.69 Å². The summed E-state index contributed by atoms with van der Waals surface area (Å²) < 4.78 is 11.8. The largest absolute Gasteiger partial charge is 0.490 e. The first-order valence-electron chi connectivity index (χ1n) is 11.0. The van der Waals surface area contributed by atoms with Crippen molar-refractivity contribution in [3.8, 4) is 11.5 Å². The lowest BCUT2D eigenvalue weighted by molar-refractivity contribution is -0.139. The smallest absolute Gasteiger partial charge is 0.341 e. The molecule has 0 spiro atoms. The molecule has 1 amide bonds. The summed E-state index contributed by atoms with van der Waals surface area (Å²) in [5.74, 6) is -0.327. The highest BCUT2D eigenvalue weighted by Gasteiger charge is 2.33. The summed E-state index contributed by atoms with van der Waals surface area (Å²) in [5.41, 5.74) is 2.72. The Morgan fingerprint density at radius 1 is 1.21 bits per heavy atom. The van der Waals surface area contributed by atoms with E-state index in [1.807, 2.05) is 50.3 Å². The van der Waals surface area contributed by atoms with Gasteiger partial charge in [0.05, 0.1) is 20.8 Å². The van der Waals surface area contributed by atoms with Crippen molar-refractivity contribution in [2.24, 2.45) is 4.99 Å². The molecule has 1 aliphatic heterocycles. The molecule has 0 atom stereocenters. The number of amides is 1. The summed E-state index contributed by atoms with van der Waals surface area (Å²) in [4.78, 5) is 31.2. The second-order valence-corrected chi connectivity index (χ2v) is 9.77. The van der Waals surface area contributed by atoms with E-state index in [0.29, 0.717) is 38.3 Å². The Hall–Kier alpha value is -2.53. The number of amidine groups is 1. The van der Waals surface area contributed by atoms with Gasteiger partial charge in [-0.2, -0.15) is 0 Å². The number of nitrogens with zero attached hydrogens (tertiary/aromatic N) is 2. The number of carbonyl (C=O) groups excluding carboxylic acids is 1. The van der Waals surface area contributed by atoms with E-state index >= 15 is 0 Å². The van der Waals surface area contributed by atoms with Gasteiger partial charge >= 0.3 is 5.97 Å². The highest BCUT2D eigenvalue weighted by atomic mass is 127. The molecule has 1 heterocycles. The van der Waals surface area contributed by atoms with Crippen molar-refractivity contribution in [1.29, 1.82) is 0 Å². The highest BCUT2D eigenvalue weighted by molar-refractivity contribution is 14.1. The van der Waals surface area contributed by atoms with Crippen LogP contribution < -0.4 is 9.47 Å². The molecule has 1 N–H and O–H groups in total. The third-order valence-electron chi connectivity index (χ3n) is 4.85. The molecule has 0 aromatic heterocycles. The zero-order valence-electron chi connectivity index (χ0n) is 19.3. The van der Waals surface area contributed by atoms with Gasteiger partial charge in [0.25, 0.3) is 5.91 Å². The van der Waals surface area contributed by atoms with Crippen molar-refractivity contribution >= 4 is 63.2 Å². The standard InChI is InChI=1S/C25H27IN2O5S/c1-4-6-11-28-24(31)21(34-25(28)27-18-9-7-16(3)8-10-18)14-17-12-19(26)23(33-15-22(29)30)20(13-17)32-5-2/h7-10,12-14H,4-6,11,15H2,1-3H3,(H,29,30)/b21-14+,27-25?. The summed E-state index contributed by atoms with van der Waals surface area (Å²) in [6, 6.07) is 11.5. The minimum Gasteiger partial charge on any atom is -0.490 e. The molecule has 9 heteroatoms. The first-order valence-corrected chi connectivity index (χ1v) is 12.9. The third-order valence-corrected chi connectivity index (χ3v) is 6.66. The molecule has 1 saturated heterocycles. The Morgan fingerprint density at radius 2 is 1.94 bits per heavy atom. The molecular formula is C25H27IN2O5S. The van der Waals surface area contributed by atoms with Crippen LogP contribution in [0.25, 0.3) is 6.08 Å². The zero-order valence-corrected chi connectivity index (χ0v) is 22.3. The average Bonchev–Trinajstić information content (AvgIpc) is 3.07. The Kier molecular flexibility index (Phi) is 9.40. The highest BCUT2D eigenvalue weighted by Crippen LogP contribution is 2.38. The van der Waals surface area contributed by atoms with Crippen LogP contribution in [0.3, 0.4) is 0 Å². The van der Waals surface area contributed by atoms with E-state index < -0.39 is 12.6 Å². The van der Waals surface area contributed by atoms with Gasteiger partial charge in [-0.15, -0.1) is 0 Å². The van der Waals surface area contributed by atoms with Crippen LogP contribution in [0.1, 0.15) is 37.8 Å². The fraction of sp³-hybridized carbons (Fsp3) is 0.320. The van der Waals surface area contributed by atoms with Crippen molar-refractivity contribution in [3.05, 3.63) is 56.0 Å². The number of ether oxygens (including phenoxy) is 2. The average molecular weight is 594 g/mol. The molecule has 180 valence electrons. The van der Waals surface area contributed by atoms with Crippen molar-refractivity contribution < 1.29 is 24.2 Å². The molecule has 2 aromatic rings. The first-order chi connectivity index (χ1) is 16.3. The predicted octanol–water partition coefficient (Wildman–Crippen LogP) is 5.87. The molecular weight excluding hydrogens is 567 g/mol. The van der Waals surface area contributed by atoms with E-state index in [9.17, 15) is 9.59 Å². The molecule has 1 fully saturated rings. The van der Waals surface area contributed by atoms with Gasteiger partial charge < -0.3 is 14.6 Å². The van der Waals surface area contributed by atoms with Crippen molar-refractivity contribution in [2.75, 3.05) is 19.8 Å². The maximum Gasteiger partial charge on any atom is 0.341 e. The van der Waals surface area contributed by atoms with Crippen molar-refractivity contribution in [3.63, 3.8) is 0 Å². The first kappa shape index (κ1) is 26.1. The van der Waals surface area contributed by atoms with Gasteiger partial charge in [-0.25, -0.2) is 9.79 Å². The number of aryl methyl sites for hydroxylation is 1. The molecule has 0 saturated carbocycles. The normalized spacial score (nSPS) is 15.9. The van der Waals surface area contributed by atoms with Gasteiger partial charge in [0.1, 0.15) is 0 Å². The molecule has 0 radical (unpaired) electrons. The van der Waals surface area contributed by atoms with Gasteiger partial charge in [0, 0.05) is 6.54 Å². The monoisotopic (exact) mass is 594 g/mol.